The Hall–Kier alpha value is -1.47. The lowest BCUT2D eigenvalue weighted by atomic mass is 9.77. The standard InChI is InChI=1S/C17H23NO5S/c1-2-23-16(19)17(8-10-22-11-9-17)15-5-3-4-13(18-15)12-24(20,21)14-6-7-14/h3-5,14H,2,6-12H2,1H3. The van der Waals surface area contributed by atoms with E-state index in [9.17, 15) is 13.2 Å². The average molecular weight is 353 g/mol. The first-order valence-corrected chi connectivity index (χ1v) is 10.1. The molecule has 132 valence electrons. The molecule has 2 fully saturated rings. The highest BCUT2D eigenvalue weighted by atomic mass is 32.2. The Bertz CT molecular complexity index is 705. The lowest BCUT2D eigenvalue weighted by Crippen LogP contribution is -2.43. The van der Waals surface area contributed by atoms with Crippen LogP contribution in [0.4, 0.5) is 0 Å². The maximum Gasteiger partial charge on any atom is 0.318 e. The Morgan fingerprint density at radius 1 is 1.33 bits per heavy atom. The molecule has 0 atom stereocenters. The molecule has 0 unspecified atom stereocenters. The Morgan fingerprint density at radius 3 is 2.67 bits per heavy atom. The predicted molar refractivity (Wildman–Crippen MR) is 88.2 cm³/mol. The average Bonchev–Trinajstić information content (AvgIpc) is 3.41. The maximum atomic E-state index is 12.6. The van der Waals surface area contributed by atoms with Gasteiger partial charge < -0.3 is 9.47 Å². The van der Waals surface area contributed by atoms with Crippen molar-refractivity contribution in [1.29, 1.82) is 0 Å². The Balaban J connectivity index is 1.90. The predicted octanol–water partition coefficient (Wildman–Crippen LogP) is 1.77. The molecule has 24 heavy (non-hydrogen) atoms. The molecule has 6 nitrogen and oxygen atoms in total. The summed E-state index contributed by atoms with van der Waals surface area (Å²) in [5.74, 6) is -0.371. The third-order valence-electron chi connectivity index (χ3n) is 4.69. The molecule has 1 saturated heterocycles. The van der Waals surface area contributed by atoms with E-state index in [1.807, 2.05) is 0 Å². The SMILES string of the molecule is CCOC(=O)C1(c2cccc(CS(=O)(=O)C3CC3)n2)CCOCC1. The Morgan fingerprint density at radius 2 is 2.04 bits per heavy atom. The summed E-state index contributed by atoms with van der Waals surface area (Å²) >= 11 is 0. The fourth-order valence-electron chi connectivity index (χ4n) is 3.13. The van der Waals surface area contributed by atoms with Crippen LogP contribution in [0.1, 0.15) is 44.0 Å². The highest BCUT2D eigenvalue weighted by Gasteiger charge is 2.44. The number of hydrogen-bond donors (Lipinski definition) is 0. The second-order valence-corrected chi connectivity index (χ2v) is 8.72. The topological polar surface area (TPSA) is 82.6 Å². The number of sulfone groups is 1. The zero-order valence-electron chi connectivity index (χ0n) is 13.9. The lowest BCUT2D eigenvalue weighted by molar-refractivity contribution is -0.154. The van der Waals surface area contributed by atoms with E-state index in [1.165, 1.54) is 0 Å². The van der Waals surface area contributed by atoms with Crippen LogP contribution in [0.3, 0.4) is 0 Å². The second kappa shape index (κ2) is 6.80. The van der Waals surface area contributed by atoms with E-state index in [0.717, 1.165) is 12.8 Å². The van der Waals surface area contributed by atoms with Crippen LogP contribution in [-0.4, -0.2) is 44.4 Å². The van der Waals surface area contributed by atoms with E-state index in [4.69, 9.17) is 9.47 Å². The summed E-state index contributed by atoms with van der Waals surface area (Å²) in [5.41, 5.74) is 0.246. The van der Waals surface area contributed by atoms with Crippen LogP contribution >= 0.6 is 0 Å². The van der Waals surface area contributed by atoms with Crippen molar-refractivity contribution in [2.75, 3.05) is 19.8 Å². The van der Waals surface area contributed by atoms with Crippen LogP contribution in [0.2, 0.25) is 0 Å². The minimum absolute atomic E-state index is 0.0685. The number of aromatic nitrogens is 1. The zero-order chi connectivity index (χ0) is 17.2. The van der Waals surface area contributed by atoms with Crippen LogP contribution in [0.15, 0.2) is 18.2 Å². The van der Waals surface area contributed by atoms with Crippen molar-refractivity contribution in [3.63, 3.8) is 0 Å². The number of carbonyl (C=O) groups is 1. The normalized spacial score (nSPS) is 20.5. The lowest BCUT2D eigenvalue weighted by Gasteiger charge is -2.34. The zero-order valence-corrected chi connectivity index (χ0v) is 14.7. The maximum absolute atomic E-state index is 12.6. The minimum Gasteiger partial charge on any atom is -0.465 e. The van der Waals surface area contributed by atoms with Crippen molar-refractivity contribution in [2.24, 2.45) is 0 Å². The van der Waals surface area contributed by atoms with Crippen molar-refractivity contribution in [2.45, 2.75) is 49.0 Å². The van der Waals surface area contributed by atoms with Gasteiger partial charge in [0.15, 0.2) is 9.84 Å². The fourth-order valence-corrected chi connectivity index (χ4v) is 4.79. The van der Waals surface area contributed by atoms with Crippen molar-refractivity contribution < 1.29 is 22.7 Å². The monoisotopic (exact) mass is 353 g/mol. The summed E-state index contributed by atoms with van der Waals surface area (Å²) in [4.78, 5) is 17.1. The van der Waals surface area contributed by atoms with Crippen LogP contribution < -0.4 is 0 Å². The van der Waals surface area contributed by atoms with Gasteiger partial charge in [0, 0.05) is 13.2 Å². The molecule has 3 rings (SSSR count). The van der Waals surface area contributed by atoms with Gasteiger partial charge in [0.05, 0.1) is 29.0 Å². The van der Waals surface area contributed by atoms with Crippen LogP contribution in [0, 0.1) is 0 Å². The molecule has 1 saturated carbocycles. The first-order chi connectivity index (χ1) is 11.5. The molecular weight excluding hydrogens is 330 g/mol. The van der Waals surface area contributed by atoms with E-state index >= 15 is 0 Å². The third kappa shape index (κ3) is 3.47. The largest absolute Gasteiger partial charge is 0.465 e. The molecular formula is C17H23NO5S. The second-order valence-electron chi connectivity index (χ2n) is 6.44. The molecule has 0 aromatic carbocycles. The number of esters is 1. The number of hydrogen-bond acceptors (Lipinski definition) is 6. The molecule has 0 radical (unpaired) electrons. The van der Waals surface area contributed by atoms with E-state index < -0.39 is 15.3 Å². The minimum atomic E-state index is -3.14. The van der Waals surface area contributed by atoms with Gasteiger partial charge >= 0.3 is 5.97 Å². The summed E-state index contributed by atoms with van der Waals surface area (Å²) in [6.45, 7) is 3.00. The van der Waals surface area contributed by atoms with Crippen molar-refractivity contribution in [3.8, 4) is 0 Å². The smallest absolute Gasteiger partial charge is 0.318 e. The van der Waals surface area contributed by atoms with Gasteiger partial charge in [0.2, 0.25) is 0 Å². The molecule has 7 heteroatoms. The first-order valence-electron chi connectivity index (χ1n) is 8.41. The van der Waals surface area contributed by atoms with Crippen LogP contribution in [0.25, 0.3) is 0 Å². The number of rotatable bonds is 6. The first kappa shape index (κ1) is 17.4. The van der Waals surface area contributed by atoms with Gasteiger partial charge in [-0.25, -0.2) is 8.42 Å². The highest BCUT2D eigenvalue weighted by Crippen LogP contribution is 2.36. The van der Waals surface area contributed by atoms with Crippen molar-refractivity contribution >= 4 is 15.8 Å². The number of carbonyl (C=O) groups excluding carboxylic acids is 1. The van der Waals surface area contributed by atoms with E-state index in [0.29, 0.717) is 44.1 Å². The van der Waals surface area contributed by atoms with Gasteiger partial charge in [-0.05, 0) is 44.7 Å². The van der Waals surface area contributed by atoms with Gasteiger partial charge in [0.1, 0.15) is 5.41 Å². The fraction of sp³-hybridized carbons (Fsp3) is 0.647. The Labute approximate surface area is 142 Å². The van der Waals surface area contributed by atoms with Crippen LogP contribution in [0.5, 0.6) is 0 Å². The molecule has 2 heterocycles. The van der Waals surface area contributed by atoms with Gasteiger partial charge in [0.25, 0.3) is 0 Å². The molecule has 1 aliphatic heterocycles. The highest BCUT2D eigenvalue weighted by molar-refractivity contribution is 7.91. The summed E-state index contributed by atoms with van der Waals surface area (Å²) in [6, 6.07) is 5.27. The summed E-state index contributed by atoms with van der Waals surface area (Å²) < 4.78 is 35.1. The molecule has 1 aromatic heterocycles. The molecule has 0 spiro atoms. The molecule has 2 aliphatic rings. The van der Waals surface area contributed by atoms with E-state index in [-0.39, 0.29) is 17.0 Å². The summed E-state index contributed by atoms with van der Waals surface area (Å²) in [6.07, 6.45) is 2.48. The van der Waals surface area contributed by atoms with Gasteiger partial charge in [-0.15, -0.1) is 0 Å². The molecule has 0 N–H and O–H groups in total. The van der Waals surface area contributed by atoms with Gasteiger partial charge in [-0.1, -0.05) is 6.07 Å². The Kier molecular flexibility index (Phi) is 4.92. The van der Waals surface area contributed by atoms with Gasteiger partial charge in [-0.2, -0.15) is 0 Å². The van der Waals surface area contributed by atoms with Gasteiger partial charge in [-0.3, -0.25) is 9.78 Å². The molecule has 1 aliphatic carbocycles. The number of ether oxygens (including phenoxy) is 2. The third-order valence-corrected chi connectivity index (χ3v) is 6.88. The number of pyridine rings is 1. The molecule has 0 amide bonds. The quantitative estimate of drug-likeness (QED) is 0.725. The van der Waals surface area contributed by atoms with E-state index in [2.05, 4.69) is 4.98 Å². The van der Waals surface area contributed by atoms with Crippen molar-refractivity contribution in [1.82, 2.24) is 4.98 Å². The summed E-state index contributed by atoms with van der Waals surface area (Å²) in [5, 5.41) is -0.218. The van der Waals surface area contributed by atoms with Crippen molar-refractivity contribution in [3.05, 3.63) is 29.6 Å². The molecule has 1 aromatic rings. The van der Waals surface area contributed by atoms with Crippen LogP contribution in [-0.2, 0) is 35.3 Å². The number of nitrogens with zero attached hydrogens (tertiary/aromatic N) is 1. The summed E-state index contributed by atoms with van der Waals surface area (Å²) in [7, 11) is -3.14. The van der Waals surface area contributed by atoms with E-state index in [1.54, 1.807) is 25.1 Å². The molecule has 0 bridgehead atoms.